The average Bonchev–Trinajstić information content (AvgIpc) is 2.68. The smallest absolute Gasteiger partial charge is 0.239 e. The summed E-state index contributed by atoms with van der Waals surface area (Å²) in [6, 6.07) is 7.61. The first-order valence-corrected chi connectivity index (χ1v) is 9.43. The van der Waals surface area contributed by atoms with Crippen LogP contribution in [0.4, 0.5) is 0 Å². The minimum atomic E-state index is -0.716. The van der Waals surface area contributed by atoms with Crippen LogP contribution in [-0.4, -0.2) is 81.1 Å². The summed E-state index contributed by atoms with van der Waals surface area (Å²) < 4.78 is 10.3. The predicted octanol–water partition coefficient (Wildman–Crippen LogP) is 0.0612. The van der Waals surface area contributed by atoms with Gasteiger partial charge in [-0.2, -0.15) is 0 Å². The SMILES string of the molecule is COCCC(=O)N1CC(Cc2cccc(OC)c2)(C(=O)N2CCNC(=O)C2)C1. The molecule has 3 amide bonds. The molecule has 2 saturated heterocycles. The lowest BCUT2D eigenvalue weighted by Crippen LogP contribution is -2.67. The Bertz CT molecular complexity index is 745. The first-order valence-electron chi connectivity index (χ1n) is 9.43. The normalized spacial score (nSPS) is 18.3. The maximum atomic E-state index is 13.3. The Balaban J connectivity index is 1.77. The Morgan fingerprint density at radius 1 is 1.21 bits per heavy atom. The highest BCUT2D eigenvalue weighted by Gasteiger charge is 2.52. The van der Waals surface area contributed by atoms with E-state index in [1.54, 1.807) is 24.0 Å². The summed E-state index contributed by atoms with van der Waals surface area (Å²) in [7, 11) is 3.16. The zero-order valence-electron chi connectivity index (χ0n) is 16.4. The molecule has 0 saturated carbocycles. The number of carbonyl (C=O) groups is 3. The van der Waals surface area contributed by atoms with E-state index in [0.717, 1.165) is 11.3 Å². The predicted molar refractivity (Wildman–Crippen MR) is 102 cm³/mol. The number of rotatable bonds is 7. The molecule has 0 radical (unpaired) electrons. The van der Waals surface area contributed by atoms with Gasteiger partial charge in [0.05, 0.1) is 32.1 Å². The van der Waals surface area contributed by atoms with Gasteiger partial charge in [0.25, 0.3) is 0 Å². The van der Waals surface area contributed by atoms with Crippen LogP contribution in [0.2, 0.25) is 0 Å². The number of nitrogens with zero attached hydrogens (tertiary/aromatic N) is 2. The number of methoxy groups -OCH3 is 2. The molecule has 0 aromatic heterocycles. The van der Waals surface area contributed by atoms with Gasteiger partial charge in [0.1, 0.15) is 5.75 Å². The molecule has 8 heteroatoms. The number of nitrogens with one attached hydrogen (secondary N) is 1. The van der Waals surface area contributed by atoms with Crippen molar-refractivity contribution in [2.75, 3.05) is 53.6 Å². The fourth-order valence-electron chi connectivity index (χ4n) is 3.85. The molecule has 8 nitrogen and oxygen atoms in total. The molecule has 0 bridgehead atoms. The molecule has 2 fully saturated rings. The molecule has 0 atom stereocenters. The molecular formula is C20H27N3O5. The second-order valence-electron chi connectivity index (χ2n) is 7.38. The molecule has 28 heavy (non-hydrogen) atoms. The van der Waals surface area contributed by atoms with Crippen molar-refractivity contribution in [3.63, 3.8) is 0 Å². The van der Waals surface area contributed by atoms with E-state index in [4.69, 9.17) is 9.47 Å². The van der Waals surface area contributed by atoms with Crippen LogP contribution in [0.3, 0.4) is 0 Å². The van der Waals surface area contributed by atoms with Crippen molar-refractivity contribution < 1.29 is 23.9 Å². The van der Waals surface area contributed by atoms with Gasteiger partial charge < -0.3 is 24.6 Å². The maximum absolute atomic E-state index is 13.3. The number of amides is 3. The Morgan fingerprint density at radius 3 is 2.68 bits per heavy atom. The van der Waals surface area contributed by atoms with E-state index in [0.29, 0.717) is 45.6 Å². The Hall–Kier alpha value is -2.61. The number of benzene rings is 1. The standard InChI is InChI=1S/C20H27N3O5/c1-27-9-6-18(25)23-13-20(14-23,11-15-4-3-5-16(10-15)28-2)19(26)22-8-7-21-17(24)12-22/h3-5,10H,6-9,11-14H2,1-2H3,(H,21,24). The third kappa shape index (κ3) is 4.27. The maximum Gasteiger partial charge on any atom is 0.239 e. The van der Waals surface area contributed by atoms with Crippen LogP contribution in [0.1, 0.15) is 12.0 Å². The quantitative estimate of drug-likeness (QED) is 0.713. The topological polar surface area (TPSA) is 88.2 Å². The Labute approximate surface area is 164 Å². The van der Waals surface area contributed by atoms with Gasteiger partial charge in [0.15, 0.2) is 0 Å². The van der Waals surface area contributed by atoms with Crippen LogP contribution in [0.15, 0.2) is 24.3 Å². The lowest BCUT2D eigenvalue weighted by molar-refractivity contribution is -0.163. The van der Waals surface area contributed by atoms with Crippen LogP contribution >= 0.6 is 0 Å². The lowest BCUT2D eigenvalue weighted by atomic mass is 9.73. The van der Waals surface area contributed by atoms with Crippen molar-refractivity contribution in [1.29, 1.82) is 0 Å². The van der Waals surface area contributed by atoms with E-state index >= 15 is 0 Å². The molecule has 2 aliphatic heterocycles. The van der Waals surface area contributed by atoms with E-state index in [-0.39, 0.29) is 24.3 Å². The van der Waals surface area contributed by atoms with Crippen LogP contribution in [-0.2, 0) is 25.5 Å². The largest absolute Gasteiger partial charge is 0.497 e. The second kappa shape index (κ2) is 8.60. The summed E-state index contributed by atoms with van der Waals surface area (Å²) in [5.41, 5.74) is 0.255. The fraction of sp³-hybridized carbons (Fsp3) is 0.550. The summed E-state index contributed by atoms with van der Waals surface area (Å²) >= 11 is 0. The van der Waals surface area contributed by atoms with Crippen molar-refractivity contribution in [2.45, 2.75) is 12.8 Å². The number of likely N-dealkylation sites (tertiary alicyclic amines) is 1. The summed E-state index contributed by atoms with van der Waals surface area (Å²) in [4.78, 5) is 40.7. The monoisotopic (exact) mass is 389 g/mol. The number of hydrogen-bond acceptors (Lipinski definition) is 5. The highest BCUT2D eigenvalue weighted by molar-refractivity contribution is 5.91. The van der Waals surface area contributed by atoms with Crippen molar-refractivity contribution in [2.24, 2.45) is 5.41 Å². The molecule has 2 heterocycles. The average molecular weight is 389 g/mol. The van der Waals surface area contributed by atoms with Crippen molar-refractivity contribution >= 4 is 17.7 Å². The van der Waals surface area contributed by atoms with Crippen molar-refractivity contribution in [1.82, 2.24) is 15.1 Å². The fourth-order valence-corrected chi connectivity index (χ4v) is 3.85. The molecule has 0 unspecified atom stereocenters. The summed E-state index contributed by atoms with van der Waals surface area (Å²) in [5, 5.41) is 2.74. The third-order valence-electron chi connectivity index (χ3n) is 5.32. The molecule has 1 aromatic carbocycles. The van der Waals surface area contributed by atoms with E-state index in [9.17, 15) is 14.4 Å². The minimum Gasteiger partial charge on any atom is -0.497 e. The molecule has 152 valence electrons. The molecule has 0 spiro atoms. The van der Waals surface area contributed by atoms with E-state index in [1.165, 1.54) is 0 Å². The van der Waals surface area contributed by atoms with E-state index in [2.05, 4.69) is 5.32 Å². The van der Waals surface area contributed by atoms with Crippen LogP contribution in [0, 0.1) is 5.41 Å². The van der Waals surface area contributed by atoms with Crippen molar-refractivity contribution in [3.8, 4) is 5.75 Å². The Morgan fingerprint density at radius 2 is 2.00 bits per heavy atom. The van der Waals surface area contributed by atoms with Gasteiger partial charge in [-0.1, -0.05) is 12.1 Å². The number of hydrogen-bond donors (Lipinski definition) is 1. The molecule has 0 aliphatic carbocycles. The molecule has 2 aliphatic rings. The van der Waals surface area contributed by atoms with Gasteiger partial charge in [0.2, 0.25) is 17.7 Å². The molecule has 1 aromatic rings. The van der Waals surface area contributed by atoms with Gasteiger partial charge in [0, 0.05) is 33.3 Å². The van der Waals surface area contributed by atoms with Gasteiger partial charge >= 0.3 is 0 Å². The third-order valence-corrected chi connectivity index (χ3v) is 5.32. The van der Waals surface area contributed by atoms with Crippen LogP contribution in [0.5, 0.6) is 5.75 Å². The summed E-state index contributed by atoms with van der Waals surface area (Å²) in [6.07, 6.45) is 0.793. The van der Waals surface area contributed by atoms with E-state index in [1.807, 2.05) is 24.3 Å². The second-order valence-corrected chi connectivity index (χ2v) is 7.38. The summed E-state index contributed by atoms with van der Waals surface area (Å²) in [5.74, 6) is 0.488. The number of piperazine rings is 1. The first-order chi connectivity index (χ1) is 13.5. The molecule has 3 rings (SSSR count). The van der Waals surface area contributed by atoms with Crippen LogP contribution < -0.4 is 10.1 Å². The first kappa shape index (κ1) is 20.1. The molecule has 1 N–H and O–H groups in total. The lowest BCUT2D eigenvalue weighted by Gasteiger charge is -2.51. The number of carbonyl (C=O) groups excluding carboxylic acids is 3. The van der Waals surface area contributed by atoms with Crippen molar-refractivity contribution in [3.05, 3.63) is 29.8 Å². The van der Waals surface area contributed by atoms with Gasteiger partial charge in [-0.25, -0.2) is 0 Å². The minimum absolute atomic E-state index is 0.0210. The number of ether oxygens (including phenoxy) is 2. The highest BCUT2D eigenvalue weighted by Crippen LogP contribution is 2.37. The van der Waals surface area contributed by atoms with Gasteiger partial charge in [-0.05, 0) is 24.1 Å². The van der Waals surface area contributed by atoms with Gasteiger partial charge in [-0.15, -0.1) is 0 Å². The zero-order valence-corrected chi connectivity index (χ0v) is 16.4. The van der Waals surface area contributed by atoms with Crippen LogP contribution in [0.25, 0.3) is 0 Å². The summed E-state index contributed by atoms with van der Waals surface area (Å²) in [6.45, 7) is 2.07. The highest BCUT2D eigenvalue weighted by atomic mass is 16.5. The molecular weight excluding hydrogens is 362 g/mol. The van der Waals surface area contributed by atoms with Gasteiger partial charge in [-0.3, -0.25) is 14.4 Å². The Kier molecular flexibility index (Phi) is 6.18. The van der Waals surface area contributed by atoms with E-state index < -0.39 is 5.41 Å². The zero-order chi connectivity index (χ0) is 20.1.